The van der Waals surface area contributed by atoms with Crippen LogP contribution in [0.3, 0.4) is 0 Å². The van der Waals surface area contributed by atoms with Gasteiger partial charge in [-0.05, 0) is 11.8 Å². The average Bonchev–Trinajstić information content (AvgIpc) is 2.21. The molecule has 16 heavy (non-hydrogen) atoms. The van der Waals surface area contributed by atoms with Crippen LogP contribution in [0.2, 0.25) is 0 Å². The SMILES string of the molecule is CCSC1=[NH+]CN(CC(C)C(=O)O)CN1.[I-]. The van der Waals surface area contributed by atoms with E-state index in [9.17, 15) is 4.79 Å². The molecule has 0 bridgehead atoms. The topological polar surface area (TPSA) is 66.5 Å². The van der Waals surface area contributed by atoms with Crippen LogP contribution in [0.15, 0.2) is 0 Å². The number of halogens is 1. The van der Waals surface area contributed by atoms with Gasteiger partial charge in [-0.3, -0.25) is 15.1 Å². The van der Waals surface area contributed by atoms with Gasteiger partial charge in [0.15, 0.2) is 0 Å². The first-order chi connectivity index (χ1) is 7.13. The van der Waals surface area contributed by atoms with E-state index in [0.29, 0.717) is 19.9 Å². The minimum Gasteiger partial charge on any atom is -1.00 e. The number of aliphatic carboxylic acids is 1. The van der Waals surface area contributed by atoms with Crippen LogP contribution in [0.4, 0.5) is 0 Å². The molecular weight excluding hydrogens is 341 g/mol. The largest absolute Gasteiger partial charge is 1.00 e. The highest BCUT2D eigenvalue weighted by Gasteiger charge is 2.21. The lowest BCUT2D eigenvalue weighted by Gasteiger charge is -2.23. The van der Waals surface area contributed by atoms with Crippen molar-refractivity contribution >= 4 is 22.9 Å². The second-order valence-corrected chi connectivity index (χ2v) is 4.80. The van der Waals surface area contributed by atoms with Crippen LogP contribution in [0.25, 0.3) is 0 Å². The van der Waals surface area contributed by atoms with Crippen molar-refractivity contribution in [2.45, 2.75) is 13.8 Å². The van der Waals surface area contributed by atoms with Crippen molar-refractivity contribution in [2.75, 3.05) is 25.6 Å². The fourth-order valence-corrected chi connectivity index (χ4v) is 1.95. The fourth-order valence-electron chi connectivity index (χ4n) is 1.33. The van der Waals surface area contributed by atoms with Gasteiger partial charge in [-0.15, -0.1) is 0 Å². The normalized spacial score (nSPS) is 18.0. The molecule has 0 saturated carbocycles. The number of carboxylic acids is 1. The van der Waals surface area contributed by atoms with Crippen molar-refractivity contribution < 1.29 is 38.9 Å². The van der Waals surface area contributed by atoms with E-state index in [-0.39, 0.29) is 29.9 Å². The maximum absolute atomic E-state index is 10.7. The van der Waals surface area contributed by atoms with Crippen molar-refractivity contribution in [3.05, 3.63) is 0 Å². The third-order valence-corrected chi connectivity index (χ3v) is 3.03. The lowest BCUT2D eigenvalue weighted by Crippen LogP contribution is -3.00. The molecule has 1 heterocycles. The molecule has 0 fully saturated rings. The molecule has 0 aromatic heterocycles. The van der Waals surface area contributed by atoms with E-state index in [1.807, 2.05) is 4.90 Å². The van der Waals surface area contributed by atoms with E-state index < -0.39 is 5.97 Å². The first-order valence-corrected chi connectivity index (χ1v) is 6.04. The minimum absolute atomic E-state index is 0. The first kappa shape index (κ1) is 16.0. The highest BCUT2D eigenvalue weighted by Crippen LogP contribution is 2.01. The molecule has 1 atom stereocenters. The minimum atomic E-state index is -0.743. The van der Waals surface area contributed by atoms with Gasteiger partial charge in [-0.25, -0.2) is 4.90 Å². The Balaban J connectivity index is 0.00000225. The van der Waals surface area contributed by atoms with E-state index in [1.54, 1.807) is 18.7 Å². The van der Waals surface area contributed by atoms with Crippen LogP contribution >= 0.6 is 11.8 Å². The number of carboxylic acid groups (broad SMARTS) is 1. The molecule has 0 aliphatic carbocycles. The van der Waals surface area contributed by atoms with Gasteiger partial charge in [0.25, 0.3) is 0 Å². The standard InChI is InChI=1S/C9H17N3O2S.HI/c1-3-15-9-10-5-12(6-11-9)4-7(2)8(13)14;/h7H,3-6H2,1-2H3,(H,10,11)(H,13,14);1H. The Kier molecular flexibility index (Phi) is 8.12. The summed E-state index contributed by atoms with van der Waals surface area (Å²) in [5.41, 5.74) is 0. The molecule has 0 radical (unpaired) electrons. The van der Waals surface area contributed by atoms with Crippen molar-refractivity contribution in [3.8, 4) is 0 Å². The van der Waals surface area contributed by atoms with Gasteiger partial charge in [0.2, 0.25) is 0 Å². The summed E-state index contributed by atoms with van der Waals surface area (Å²) in [5.74, 6) is -0.0392. The molecule has 3 N–H and O–H groups in total. The number of amidine groups is 1. The number of thioether (sulfide) groups is 1. The third-order valence-electron chi connectivity index (χ3n) is 2.17. The fraction of sp³-hybridized carbons (Fsp3) is 0.778. The number of hydrogen-bond acceptors (Lipinski definition) is 4. The van der Waals surface area contributed by atoms with Crippen LogP contribution in [-0.2, 0) is 4.79 Å². The van der Waals surface area contributed by atoms with E-state index in [1.165, 1.54) is 0 Å². The van der Waals surface area contributed by atoms with Crippen LogP contribution in [-0.4, -0.2) is 46.8 Å². The Morgan fingerprint density at radius 1 is 1.75 bits per heavy atom. The Labute approximate surface area is 117 Å². The number of nitrogens with one attached hydrogen (secondary N) is 2. The van der Waals surface area contributed by atoms with Crippen molar-refractivity contribution in [2.24, 2.45) is 5.92 Å². The molecule has 1 aliphatic heterocycles. The molecule has 5 nitrogen and oxygen atoms in total. The number of nitrogens with zero attached hydrogens (tertiary/aromatic N) is 1. The second-order valence-electron chi connectivity index (χ2n) is 3.52. The summed E-state index contributed by atoms with van der Waals surface area (Å²) in [6, 6.07) is 0. The molecule has 94 valence electrons. The molecule has 1 rings (SSSR count). The quantitative estimate of drug-likeness (QED) is 0.444. The zero-order valence-corrected chi connectivity index (χ0v) is 12.5. The molecule has 0 aromatic carbocycles. The van der Waals surface area contributed by atoms with Crippen LogP contribution in [0, 0.1) is 5.92 Å². The summed E-state index contributed by atoms with van der Waals surface area (Å²) < 4.78 is 0. The summed E-state index contributed by atoms with van der Waals surface area (Å²) in [6.07, 6.45) is 0. The molecule has 1 unspecified atom stereocenters. The highest BCUT2D eigenvalue weighted by atomic mass is 127. The monoisotopic (exact) mass is 359 g/mol. The summed E-state index contributed by atoms with van der Waals surface area (Å²) in [7, 11) is 0. The van der Waals surface area contributed by atoms with Crippen LogP contribution in [0.5, 0.6) is 0 Å². The lowest BCUT2D eigenvalue weighted by molar-refractivity contribution is -0.490. The maximum Gasteiger partial charge on any atom is 0.307 e. The van der Waals surface area contributed by atoms with Gasteiger partial charge < -0.3 is 29.1 Å². The number of carbonyl (C=O) groups is 1. The molecule has 0 saturated heterocycles. The molecule has 7 heteroatoms. The van der Waals surface area contributed by atoms with Crippen LogP contribution in [0.1, 0.15) is 13.8 Å². The van der Waals surface area contributed by atoms with E-state index in [0.717, 1.165) is 10.9 Å². The second kappa shape index (κ2) is 8.13. The van der Waals surface area contributed by atoms with E-state index >= 15 is 0 Å². The Hall–Kier alpha value is -0.0200. The van der Waals surface area contributed by atoms with Crippen molar-refractivity contribution in [3.63, 3.8) is 0 Å². The lowest BCUT2D eigenvalue weighted by atomic mass is 10.2. The molecule has 0 spiro atoms. The van der Waals surface area contributed by atoms with E-state index in [4.69, 9.17) is 5.11 Å². The highest BCUT2D eigenvalue weighted by molar-refractivity contribution is 8.13. The van der Waals surface area contributed by atoms with Gasteiger partial charge in [0.1, 0.15) is 13.3 Å². The third kappa shape index (κ3) is 5.35. The Bertz CT molecular complexity index is 263. The zero-order chi connectivity index (χ0) is 11.3. The molecular formula is C9H18IN3O2S. The summed E-state index contributed by atoms with van der Waals surface area (Å²) in [4.78, 5) is 15.9. The maximum atomic E-state index is 10.7. The van der Waals surface area contributed by atoms with Gasteiger partial charge in [-0.1, -0.05) is 13.8 Å². The first-order valence-electron chi connectivity index (χ1n) is 5.06. The number of hydrogen-bond donors (Lipinski definition) is 3. The predicted molar refractivity (Wildman–Crippen MR) is 60.5 cm³/mol. The zero-order valence-electron chi connectivity index (χ0n) is 9.49. The molecule has 1 aliphatic rings. The predicted octanol–water partition coefficient (Wildman–Crippen LogP) is -4.28. The number of rotatable bonds is 4. The van der Waals surface area contributed by atoms with E-state index in [2.05, 4.69) is 17.2 Å². The van der Waals surface area contributed by atoms with Gasteiger partial charge >= 0.3 is 11.1 Å². The average molecular weight is 359 g/mol. The Morgan fingerprint density at radius 2 is 2.44 bits per heavy atom. The smallest absolute Gasteiger partial charge is 0.307 e. The molecule has 0 aromatic rings. The summed E-state index contributed by atoms with van der Waals surface area (Å²) in [5, 5.41) is 13.1. The van der Waals surface area contributed by atoms with Gasteiger partial charge in [0, 0.05) is 12.3 Å². The Morgan fingerprint density at radius 3 is 2.88 bits per heavy atom. The van der Waals surface area contributed by atoms with Crippen molar-refractivity contribution in [1.29, 1.82) is 0 Å². The molecule has 0 amide bonds. The summed E-state index contributed by atoms with van der Waals surface area (Å²) >= 11 is 1.73. The van der Waals surface area contributed by atoms with Gasteiger partial charge in [-0.2, -0.15) is 0 Å². The summed E-state index contributed by atoms with van der Waals surface area (Å²) in [6.45, 7) is 5.82. The van der Waals surface area contributed by atoms with Gasteiger partial charge in [0.05, 0.1) is 5.92 Å². The van der Waals surface area contributed by atoms with Crippen LogP contribution < -0.4 is 34.3 Å². The van der Waals surface area contributed by atoms with Crippen molar-refractivity contribution in [1.82, 2.24) is 10.2 Å².